The summed E-state index contributed by atoms with van der Waals surface area (Å²) in [6.45, 7) is 2.87. The number of benzene rings is 1. The largest absolute Gasteiger partial charge is 0.462 e. The molecule has 0 radical (unpaired) electrons. The summed E-state index contributed by atoms with van der Waals surface area (Å²) in [5.74, 6) is -0.260. The zero-order valence-corrected chi connectivity index (χ0v) is 12.5. The molecule has 2 aromatic rings. The van der Waals surface area contributed by atoms with E-state index < -0.39 is 0 Å². The van der Waals surface area contributed by atoms with E-state index in [2.05, 4.69) is 0 Å². The Kier molecular flexibility index (Phi) is 6.22. The van der Waals surface area contributed by atoms with Gasteiger partial charge >= 0.3 is 5.97 Å². The van der Waals surface area contributed by atoms with Gasteiger partial charge in [0.05, 0.1) is 12.2 Å². The van der Waals surface area contributed by atoms with E-state index in [0.717, 1.165) is 5.56 Å². The van der Waals surface area contributed by atoms with Crippen LogP contribution in [0.2, 0.25) is 0 Å². The van der Waals surface area contributed by atoms with Crippen molar-refractivity contribution in [3.63, 3.8) is 0 Å². The highest BCUT2D eigenvalue weighted by Crippen LogP contribution is 2.10. The molecule has 0 unspecified atom stereocenters. The van der Waals surface area contributed by atoms with Gasteiger partial charge < -0.3 is 4.74 Å². The van der Waals surface area contributed by atoms with E-state index in [1.165, 1.54) is 0 Å². The van der Waals surface area contributed by atoms with Crippen molar-refractivity contribution in [2.24, 2.45) is 0 Å². The van der Waals surface area contributed by atoms with Crippen molar-refractivity contribution in [2.75, 3.05) is 6.61 Å². The number of halogens is 1. The van der Waals surface area contributed by atoms with Crippen LogP contribution >= 0.6 is 17.0 Å². The number of pyridine rings is 1. The Bertz CT molecular complexity index is 529. The highest BCUT2D eigenvalue weighted by atomic mass is 79.9. The lowest BCUT2D eigenvalue weighted by Gasteiger charge is -2.06. The predicted octanol–water partition coefficient (Wildman–Crippen LogP) is 2.78. The summed E-state index contributed by atoms with van der Waals surface area (Å²) >= 11 is 0. The molecule has 19 heavy (non-hydrogen) atoms. The van der Waals surface area contributed by atoms with Crippen LogP contribution in [0.25, 0.3) is 0 Å². The molecule has 0 bridgehead atoms. The number of hydrogen-bond donors (Lipinski definition) is 0. The van der Waals surface area contributed by atoms with Gasteiger partial charge in [0, 0.05) is 17.7 Å². The maximum atomic E-state index is 11.8. The van der Waals surface area contributed by atoms with Gasteiger partial charge in [-0.3, -0.25) is 0 Å². The fourth-order valence-corrected chi connectivity index (χ4v) is 1.80. The number of nitrogens with zero attached hydrogens (tertiary/aromatic N) is 1. The van der Waals surface area contributed by atoms with Crippen molar-refractivity contribution in [1.29, 1.82) is 0 Å². The molecule has 0 spiro atoms. The van der Waals surface area contributed by atoms with E-state index in [9.17, 15) is 4.79 Å². The zero-order valence-electron chi connectivity index (χ0n) is 10.8. The van der Waals surface area contributed by atoms with E-state index in [1.807, 2.05) is 60.3 Å². The first-order valence-corrected chi connectivity index (χ1v) is 6.00. The van der Waals surface area contributed by atoms with Crippen LogP contribution in [-0.4, -0.2) is 12.6 Å². The minimum Gasteiger partial charge on any atom is -0.462 e. The Morgan fingerprint density at radius 1 is 1.11 bits per heavy atom. The molecular weight excluding hydrogens is 306 g/mol. The van der Waals surface area contributed by atoms with Gasteiger partial charge in [0.1, 0.15) is 0 Å². The van der Waals surface area contributed by atoms with E-state index >= 15 is 0 Å². The quantitative estimate of drug-likeness (QED) is 0.640. The number of carbonyl (C=O) groups excluding carboxylic acids is 1. The fraction of sp³-hybridized carbons (Fsp3) is 0.200. The summed E-state index contributed by atoms with van der Waals surface area (Å²) in [5.41, 5.74) is 1.60. The van der Waals surface area contributed by atoms with Crippen LogP contribution in [0.3, 0.4) is 0 Å². The number of esters is 1. The molecule has 0 aliphatic heterocycles. The molecule has 0 atom stereocenters. The molecule has 2 rings (SSSR count). The Labute approximate surface area is 123 Å². The van der Waals surface area contributed by atoms with Crippen molar-refractivity contribution in [3.8, 4) is 0 Å². The smallest absolute Gasteiger partial charge is 0.338 e. The summed E-state index contributed by atoms with van der Waals surface area (Å²) in [4.78, 5) is 11.8. The highest BCUT2D eigenvalue weighted by molar-refractivity contribution is 8.93. The average molecular weight is 323 g/mol. The lowest BCUT2D eigenvalue weighted by Crippen LogP contribution is -2.33. The zero-order chi connectivity index (χ0) is 12.8. The van der Waals surface area contributed by atoms with E-state index in [1.54, 1.807) is 6.07 Å². The van der Waals surface area contributed by atoms with Crippen LogP contribution in [0.1, 0.15) is 22.8 Å². The maximum absolute atomic E-state index is 11.8. The summed E-state index contributed by atoms with van der Waals surface area (Å²) in [5, 5.41) is 0. The molecule has 0 saturated heterocycles. The van der Waals surface area contributed by atoms with Crippen LogP contribution in [-0.2, 0) is 11.3 Å². The Morgan fingerprint density at radius 2 is 1.79 bits per heavy atom. The van der Waals surface area contributed by atoms with Crippen molar-refractivity contribution < 1.29 is 14.1 Å². The molecule has 0 N–H and O–H groups in total. The molecule has 100 valence electrons. The summed E-state index contributed by atoms with van der Waals surface area (Å²) < 4.78 is 7.08. The number of aromatic nitrogens is 1. The lowest BCUT2D eigenvalue weighted by molar-refractivity contribution is -0.688. The first kappa shape index (κ1) is 15.4. The SMILES string of the molecule is Br.CCOC(=O)c1ccccc1C[n+]1ccccc1. The van der Waals surface area contributed by atoms with E-state index in [0.29, 0.717) is 18.7 Å². The standard InChI is InChI=1S/C15H16NO2.BrH/c1-2-18-15(17)14-9-5-4-8-13(14)12-16-10-6-3-7-11-16;/h3-11H,2,12H2,1H3;1H/q+1;. The summed E-state index contributed by atoms with van der Waals surface area (Å²) in [6, 6.07) is 13.4. The van der Waals surface area contributed by atoms with Gasteiger partial charge in [0.25, 0.3) is 0 Å². The molecule has 3 nitrogen and oxygen atoms in total. The number of hydrogen-bond acceptors (Lipinski definition) is 2. The highest BCUT2D eigenvalue weighted by Gasteiger charge is 2.14. The van der Waals surface area contributed by atoms with Crippen molar-refractivity contribution in [3.05, 3.63) is 66.0 Å². The van der Waals surface area contributed by atoms with Gasteiger partial charge in [0.2, 0.25) is 0 Å². The second-order valence-corrected chi connectivity index (χ2v) is 3.93. The second kappa shape index (κ2) is 7.69. The molecule has 1 aromatic carbocycles. The monoisotopic (exact) mass is 322 g/mol. The van der Waals surface area contributed by atoms with Crippen molar-refractivity contribution in [2.45, 2.75) is 13.5 Å². The Balaban J connectivity index is 0.00000180. The molecule has 0 amide bonds. The summed E-state index contributed by atoms with van der Waals surface area (Å²) in [6.07, 6.45) is 3.95. The maximum Gasteiger partial charge on any atom is 0.338 e. The fourth-order valence-electron chi connectivity index (χ4n) is 1.80. The third-order valence-electron chi connectivity index (χ3n) is 2.64. The molecule has 0 aliphatic carbocycles. The van der Waals surface area contributed by atoms with E-state index in [4.69, 9.17) is 4.74 Å². The summed E-state index contributed by atoms with van der Waals surface area (Å²) in [7, 11) is 0. The Morgan fingerprint density at radius 3 is 2.47 bits per heavy atom. The van der Waals surface area contributed by atoms with Crippen LogP contribution < -0.4 is 4.57 Å². The first-order chi connectivity index (χ1) is 8.81. The van der Waals surface area contributed by atoms with Crippen LogP contribution in [0.15, 0.2) is 54.9 Å². The minimum absolute atomic E-state index is 0. The normalized spacial score (nSPS) is 9.53. The molecule has 0 fully saturated rings. The molecule has 4 heteroatoms. The molecule has 1 heterocycles. The number of carbonyl (C=O) groups is 1. The van der Waals surface area contributed by atoms with Gasteiger partial charge in [-0.25, -0.2) is 9.36 Å². The second-order valence-electron chi connectivity index (χ2n) is 3.93. The van der Waals surface area contributed by atoms with Crippen LogP contribution in [0.5, 0.6) is 0 Å². The minimum atomic E-state index is -0.260. The predicted molar refractivity (Wildman–Crippen MR) is 78.5 cm³/mol. The third-order valence-corrected chi connectivity index (χ3v) is 2.64. The van der Waals surface area contributed by atoms with Crippen LogP contribution in [0, 0.1) is 0 Å². The topological polar surface area (TPSA) is 30.2 Å². The van der Waals surface area contributed by atoms with E-state index in [-0.39, 0.29) is 23.0 Å². The molecule has 0 saturated carbocycles. The number of rotatable bonds is 4. The van der Waals surface area contributed by atoms with Gasteiger partial charge in [-0.1, -0.05) is 24.3 Å². The molecular formula is C15H17BrNO2+. The first-order valence-electron chi connectivity index (χ1n) is 6.00. The van der Waals surface area contributed by atoms with Crippen LogP contribution in [0.4, 0.5) is 0 Å². The molecule has 1 aromatic heterocycles. The Hall–Kier alpha value is -1.68. The molecule has 0 aliphatic rings. The van der Waals surface area contributed by atoms with Gasteiger partial charge in [0.15, 0.2) is 18.9 Å². The van der Waals surface area contributed by atoms with Crippen molar-refractivity contribution in [1.82, 2.24) is 0 Å². The van der Waals surface area contributed by atoms with Gasteiger partial charge in [-0.15, -0.1) is 17.0 Å². The third kappa shape index (κ3) is 4.17. The lowest BCUT2D eigenvalue weighted by atomic mass is 10.1. The van der Waals surface area contributed by atoms with Gasteiger partial charge in [-0.2, -0.15) is 0 Å². The number of ether oxygens (including phenoxy) is 1. The van der Waals surface area contributed by atoms with Gasteiger partial charge in [-0.05, 0) is 13.0 Å². The average Bonchev–Trinajstić information content (AvgIpc) is 2.41. The van der Waals surface area contributed by atoms with Crippen molar-refractivity contribution >= 4 is 23.0 Å².